The molecule has 0 bridgehead atoms. The highest BCUT2D eigenvalue weighted by molar-refractivity contribution is 5.88. The Morgan fingerprint density at radius 3 is 2.37 bits per heavy atom. The fraction of sp³-hybridized carbons (Fsp3) is 0.619. The Morgan fingerprint density at radius 1 is 1.11 bits per heavy atom. The predicted molar refractivity (Wildman–Crippen MR) is 113 cm³/mol. The molecule has 3 N–H and O–H groups in total. The Morgan fingerprint density at radius 2 is 1.78 bits per heavy atom. The average Bonchev–Trinajstić information content (AvgIpc) is 2.66. The number of benzene rings is 1. The van der Waals surface area contributed by atoms with Crippen molar-refractivity contribution >= 4 is 17.6 Å². The molecule has 0 unspecified atom stereocenters. The Hall–Kier alpha value is -2.08. The van der Waals surface area contributed by atoms with Gasteiger partial charge in [0.05, 0.1) is 0 Å². The molecule has 6 heteroatoms. The van der Waals surface area contributed by atoms with Gasteiger partial charge in [0.2, 0.25) is 5.91 Å². The number of carbonyl (C=O) groups is 1. The summed E-state index contributed by atoms with van der Waals surface area (Å²) < 4.78 is 0. The first-order chi connectivity index (χ1) is 12.9. The summed E-state index contributed by atoms with van der Waals surface area (Å²) >= 11 is 0. The number of hydrogen-bond acceptors (Lipinski definition) is 3. The molecule has 0 saturated carbocycles. The molecule has 0 atom stereocenters. The van der Waals surface area contributed by atoms with E-state index in [1.165, 1.54) is 44.8 Å². The molecule has 27 heavy (non-hydrogen) atoms. The van der Waals surface area contributed by atoms with Gasteiger partial charge in [0.15, 0.2) is 5.96 Å². The highest BCUT2D eigenvalue weighted by atomic mass is 16.1. The van der Waals surface area contributed by atoms with Crippen molar-refractivity contribution in [1.82, 2.24) is 15.5 Å². The standard InChI is InChI=1S/C21H35N5O/c1-17(27)25-19-10-8-18(9-11-19)12-13-23-20(22-4)24-16-21(2,3)26-14-6-5-7-15-26/h8-11H,5-7,12-16H2,1-4H3,(H,25,27)(H2,22,23,24). The van der Waals surface area contributed by atoms with Crippen LogP contribution in [0.4, 0.5) is 5.69 Å². The molecule has 1 heterocycles. The van der Waals surface area contributed by atoms with E-state index in [0.29, 0.717) is 0 Å². The number of carbonyl (C=O) groups excluding carboxylic acids is 1. The smallest absolute Gasteiger partial charge is 0.221 e. The number of piperidine rings is 1. The Bertz CT molecular complexity index is 618. The third-order valence-corrected chi connectivity index (χ3v) is 5.10. The average molecular weight is 374 g/mol. The SMILES string of the molecule is CN=C(NCCc1ccc(NC(C)=O)cc1)NCC(C)(C)N1CCCCC1. The second-order valence-electron chi connectivity index (χ2n) is 7.84. The molecule has 1 aromatic carbocycles. The number of likely N-dealkylation sites (tertiary alicyclic amines) is 1. The molecule has 1 aromatic rings. The van der Waals surface area contributed by atoms with Crippen LogP contribution < -0.4 is 16.0 Å². The molecular formula is C21H35N5O. The lowest BCUT2D eigenvalue weighted by Gasteiger charge is -2.41. The predicted octanol–water partition coefficient (Wildman–Crippen LogP) is 2.62. The number of anilines is 1. The number of nitrogens with zero attached hydrogens (tertiary/aromatic N) is 2. The molecule has 1 fully saturated rings. The number of aliphatic imine (C=N–C) groups is 1. The number of nitrogens with one attached hydrogen (secondary N) is 3. The van der Waals surface area contributed by atoms with E-state index in [9.17, 15) is 4.79 Å². The first-order valence-electron chi connectivity index (χ1n) is 9.97. The maximum Gasteiger partial charge on any atom is 0.221 e. The summed E-state index contributed by atoms with van der Waals surface area (Å²) in [7, 11) is 1.81. The third kappa shape index (κ3) is 7.21. The number of rotatable bonds is 7. The van der Waals surface area contributed by atoms with Crippen molar-refractivity contribution < 1.29 is 4.79 Å². The lowest BCUT2D eigenvalue weighted by atomic mass is 9.98. The number of hydrogen-bond donors (Lipinski definition) is 3. The molecule has 1 aliphatic rings. The summed E-state index contributed by atoms with van der Waals surface area (Å²) in [5.41, 5.74) is 2.18. The summed E-state index contributed by atoms with van der Waals surface area (Å²) in [5.74, 6) is 0.793. The van der Waals surface area contributed by atoms with Gasteiger partial charge in [0, 0.05) is 38.3 Å². The van der Waals surface area contributed by atoms with E-state index in [-0.39, 0.29) is 11.4 Å². The van der Waals surface area contributed by atoms with Gasteiger partial charge in [-0.05, 0) is 63.9 Å². The molecular weight excluding hydrogens is 338 g/mol. The normalized spacial score (nSPS) is 16.1. The van der Waals surface area contributed by atoms with Crippen LogP contribution in [0, 0.1) is 0 Å². The van der Waals surface area contributed by atoms with Crippen molar-refractivity contribution in [2.24, 2.45) is 4.99 Å². The zero-order valence-corrected chi connectivity index (χ0v) is 17.3. The molecule has 6 nitrogen and oxygen atoms in total. The minimum atomic E-state index is -0.0493. The largest absolute Gasteiger partial charge is 0.356 e. The van der Waals surface area contributed by atoms with Crippen molar-refractivity contribution in [3.05, 3.63) is 29.8 Å². The molecule has 1 aliphatic heterocycles. The van der Waals surface area contributed by atoms with E-state index in [4.69, 9.17) is 0 Å². The van der Waals surface area contributed by atoms with Crippen molar-refractivity contribution in [2.75, 3.05) is 38.5 Å². The Balaban J connectivity index is 1.74. The van der Waals surface area contributed by atoms with Crippen LogP contribution in [0.25, 0.3) is 0 Å². The maximum atomic E-state index is 11.1. The van der Waals surface area contributed by atoms with Crippen molar-refractivity contribution in [3.63, 3.8) is 0 Å². The first kappa shape index (κ1) is 21.2. The molecule has 0 radical (unpaired) electrons. The van der Waals surface area contributed by atoms with E-state index in [1.807, 2.05) is 31.3 Å². The van der Waals surface area contributed by atoms with Gasteiger partial charge >= 0.3 is 0 Å². The van der Waals surface area contributed by atoms with Gasteiger partial charge in [0.1, 0.15) is 0 Å². The molecule has 0 spiro atoms. The van der Waals surface area contributed by atoms with Gasteiger partial charge in [-0.15, -0.1) is 0 Å². The van der Waals surface area contributed by atoms with Crippen molar-refractivity contribution in [2.45, 2.75) is 52.0 Å². The molecule has 2 rings (SSSR count). The summed E-state index contributed by atoms with van der Waals surface area (Å²) in [5, 5.41) is 9.65. The summed E-state index contributed by atoms with van der Waals surface area (Å²) in [6.07, 6.45) is 4.86. The second kappa shape index (κ2) is 10.3. The van der Waals surface area contributed by atoms with Crippen LogP contribution in [0.1, 0.15) is 45.6 Å². The minimum absolute atomic E-state index is 0.0493. The Labute approximate surface area is 163 Å². The van der Waals surface area contributed by atoms with Crippen LogP contribution in [0.3, 0.4) is 0 Å². The molecule has 1 saturated heterocycles. The molecule has 0 aliphatic carbocycles. The minimum Gasteiger partial charge on any atom is -0.356 e. The van der Waals surface area contributed by atoms with Gasteiger partial charge in [-0.3, -0.25) is 14.7 Å². The summed E-state index contributed by atoms with van der Waals surface area (Å²) in [6.45, 7) is 10.2. The van der Waals surface area contributed by atoms with Crippen LogP contribution in [0.5, 0.6) is 0 Å². The van der Waals surface area contributed by atoms with Gasteiger partial charge < -0.3 is 16.0 Å². The summed E-state index contributed by atoms with van der Waals surface area (Å²) in [4.78, 5) is 18.0. The molecule has 0 aromatic heterocycles. The topological polar surface area (TPSA) is 68.8 Å². The Kier molecular flexibility index (Phi) is 8.10. The summed E-state index contributed by atoms with van der Waals surface area (Å²) in [6, 6.07) is 7.96. The van der Waals surface area contributed by atoms with Crippen molar-refractivity contribution in [3.8, 4) is 0 Å². The lowest BCUT2D eigenvalue weighted by molar-refractivity contribution is -0.114. The van der Waals surface area contributed by atoms with Crippen LogP contribution in [0.2, 0.25) is 0 Å². The third-order valence-electron chi connectivity index (χ3n) is 5.10. The van der Waals surface area contributed by atoms with E-state index in [2.05, 4.69) is 39.7 Å². The maximum absolute atomic E-state index is 11.1. The van der Waals surface area contributed by atoms with E-state index >= 15 is 0 Å². The second-order valence-corrected chi connectivity index (χ2v) is 7.84. The fourth-order valence-electron chi connectivity index (χ4n) is 3.41. The quantitative estimate of drug-likeness (QED) is 0.508. The molecule has 1 amide bonds. The van der Waals surface area contributed by atoms with E-state index in [1.54, 1.807) is 0 Å². The molecule has 150 valence electrons. The van der Waals surface area contributed by atoms with Crippen LogP contribution in [0.15, 0.2) is 29.3 Å². The number of guanidine groups is 1. The lowest BCUT2D eigenvalue weighted by Crippen LogP contribution is -2.55. The van der Waals surface area contributed by atoms with Crippen LogP contribution in [-0.2, 0) is 11.2 Å². The van der Waals surface area contributed by atoms with E-state index in [0.717, 1.165) is 31.2 Å². The van der Waals surface area contributed by atoms with Gasteiger partial charge in [-0.2, -0.15) is 0 Å². The zero-order valence-electron chi connectivity index (χ0n) is 17.3. The first-order valence-corrected chi connectivity index (χ1v) is 9.97. The van der Waals surface area contributed by atoms with Crippen molar-refractivity contribution in [1.29, 1.82) is 0 Å². The highest BCUT2D eigenvalue weighted by Gasteiger charge is 2.27. The number of amides is 1. The van der Waals surface area contributed by atoms with Crippen LogP contribution >= 0.6 is 0 Å². The van der Waals surface area contributed by atoms with Gasteiger partial charge in [-0.1, -0.05) is 18.6 Å². The highest BCUT2D eigenvalue weighted by Crippen LogP contribution is 2.19. The van der Waals surface area contributed by atoms with Gasteiger partial charge in [-0.25, -0.2) is 0 Å². The monoisotopic (exact) mass is 373 g/mol. The van der Waals surface area contributed by atoms with E-state index < -0.39 is 0 Å². The fourth-order valence-corrected chi connectivity index (χ4v) is 3.41. The zero-order chi connectivity index (χ0) is 19.7. The van der Waals surface area contributed by atoms with Gasteiger partial charge in [0.25, 0.3) is 0 Å². The van der Waals surface area contributed by atoms with Crippen LogP contribution in [-0.4, -0.2) is 55.5 Å².